The van der Waals surface area contributed by atoms with E-state index in [0.29, 0.717) is 6.61 Å². The van der Waals surface area contributed by atoms with Crippen molar-refractivity contribution in [3.05, 3.63) is 54.9 Å². The Kier molecular flexibility index (Phi) is 7.46. The van der Waals surface area contributed by atoms with Gasteiger partial charge in [0.2, 0.25) is 0 Å². The standard InChI is InChI=1S/C29H34N6O4/c36-29(37)31-22-9-12-34(13-10-22)26-4-1-3-21-5-8-27(32-28(21)26)35-20-30-24-19-23(6-7-25(24)35)39-16-2-11-33-14-17-38-18-15-33/h1,3-8,19-20,22,31H,2,9-18H2,(H,36,37). The van der Waals surface area contributed by atoms with E-state index < -0.39 is 6.09 Å². The molecule has 0 unspecified atom stereocenters. The molecule has 10 heteroatoms. The van der Waals surface area contributed by atoms with E-state index in [0.717, 1.165) is 104 Å². The molecule has 2 aliphatic rings. The lowest BCUT2D eigenvalue weighted by Gasteiger charge is -2.33. The molecular formula is C29H34N6O4. The summed E-state index contributed by atoms with van der Waals surface area (Å²) < 4.78 is 13.4. The van der Waals surface area contributed by atoms with Crippen LogP contribution >= 0.6 is 0 Å². The Morgan fingerprint density at radius 1 is 1.08 bits per heavy atom. The zero-order valence-electron chi connectivity index (χ0n) is 22.0. The lowest BCUT2D eigenvalue weighted by atomic mass is 10.0. The number of morpholine rings is 1. The highest BCUT2D eigenvalue weighted by Crippen LogP contribution is 2.30. The number of anilines is 1. The molecule has 0 radical (unpaired) electrons. The Morgan fingerprint density at radius 2 is 1.92 bits per heavy atom. The van der Waals surface area contributed by atoms with Gasteiger partial charge in [0.25, 0.3) is 0 Å². The predicted octanol–water partition coefficient (Wildman–Crippen LogP) is 3.91. The number of ether oxygens (including phenoxy) is 2. The number of amides is 1. The van der Waals surface area contributed by atoms with Crippen LogP contribution in [0.3, 0.4) is 0 Å². The number of aromatic nitrogens is 3. The van der Waals surface area contributed by atoms with E-state index in [1.807, 2.05) is 35.2 Å². The van der Waals surface area contributed by atoms with Crippen LogP contribution in [0, 0.1) is 0 Å². The van der Waals surface area contributed by atoms with Gasteiger partial charge in [-0.2, -0.15) is 0 Å². The summed E-state index contributed by atoms with van der Waals surface area (Å²) in [7, 11) is 0. The number of nitrogens with one attached hydrogen (secondary N) is 1. The molecule has 39 heavy (non-hydrogen) atoms. The zero-order valence-corrected chi connectivity index (χ0v) is 22.0. The van der Waals surface area contributed by atoms with Gasteiger partial charge in [-0.15, -0.1) is 0 Å². The summed E-state index contributed by atoms with van der Waals surface area (Å²) in [5.74, 6) is 1.63. The fourth-order valence-electron chi connectivity index (χ4n) is 5.52. The summed E-state index contributed by atoms with van der Waals surface area (Å²) in [4.78, 5) is 25.4. The zero-order chi connectivity index (χ0) is 26.6. The van der Waals surface area contributed by atoms with Crippen molar-refractivity contribution < 1.29 is 19.4 Å². The van der Waals surface area contributed by atoms with Gasteiger partial charge in [-0.05, 0) is 49.6 Å². The first-order valence-corrected chi connectivity index (χ1v) is 13.7. The molecular weight excluding hydrogens is 496 g/mol. The van der Waals surface area contributed by atoms with Crippen LogP contribution in [0.1, 0.15) is 19.3 Å². The molecule has 0 bridgehead atoms. The number of piperidine rings is 1. The Balaban J connectivity index is 1.16. The van der Waals surface area contributed by atoms with Gasteiger partial charge in [-0.1, -0.05) is 12.1 Å². The molecule has 2 N–H and O–H groups in total. The van der Waals surface area contributed by atoms with Crippen LogP contribution in [-0.4, -0.2) is 89.2 Å². The van der Waals surface area contributed by atoms with Crippen molar-refractivity contribution in [1.82, 2.24) is 24.8 Å². The van der Waals surface area contributed by atoms with Gasteiger partial charge in [0.15, 0.2) is 0 Å². The first-order valence-electron chi connectivity index (χ1n) is 13.7. The maximum absolute atomic E-state index is 11.0. The molecule has 0 saturated carbocycles. The van der Waals surface area contributed by atoms with E-state index in [9.17, 15) is 4.79 Å². The average molecular weight is 531 g/mol. The molecule has 0 atom stereocenters. The van der Waals surface area contributed by atoms with E-state index in [4.69, 9.17) is 19.6 Å². The fraction of sp³-hybridized carbons (Fsp3) is 0.414. The molecule has 2 saturated heterocycles. The van der Waals surface area contributed by atoms with Crippen molar-refractivity contribution in [3.8, 4) is 11.6 Å². The molecule has 4 heterocycles. The molecule has 2 aromatic carbocycles. The van der Waals surface area contributed by atoms with E-state index in [1.165, 1.54) is 0 Å². The first kappa shape index (κ1) is 25.4. The third kappa shape index (κ3) is 5.76. The van der Waals surface area contributed by atoms with E-state index >= 15 is 0 Å². The minimum absolute atomic E-state index is 0.00630. The molecule has 10 nitrogen and oxygen atoms in total. The molecule has 1 amide bonds. The van der Waals surface area contributed by atoms with Gasteiger partial charge in [-0.3, -0.25) is 9.47 Å². The second-order valence-electron chi connectivity index (χ2n) is 10.2. The quantitative estimate of drug-likeness (QED) is 0.331. The second-order valence-corrected chi connectivity index (χ2v) is 10.2. The lowest BCUT2D eigenvalue weighted by Crippen LogP contribution is -2.44. The maximum atomic E-state index is 11.0. The fourth-order valence-corrected chi connectivity index (χ4v) is 5.52. The minimum atomic E-state index is -0.958. The van der Waals surface area contributed by atoms with Gasteiger partial charge in [0.1, 0.15) is 17.9 Å². The van der Waals surface area contributed by atoms with Crippen LogP contribution in [0.4, 0.5) is 10.5 Å². The normalized spacial score (nSPS) is 17.1. The van der Waals surface area contributed by atoms with Crippen molar-refractivity contribution >= 4 is 33.7 Å². The number of fused-ring (bicyclic) bond motifs is 2. The van der Waals surface area contributed by atoms with Crippen molar-refractivity contribution in [2.45, 2.75) is 25.3 Å². The van der Waals surface area contributed by atoms with Crippen molar-refractivity contribution in [2.75, 3.05) is 57.4 Å². The number of benzene rings is 2. The predicted molar refractivity (Wildman–Crippen MR) is 150 cm³/mol. The number of hydrogen-bond donors (Lipinski definition) is 2. The molecule has 6 rings (SSSR count). The Bertz CT molecular complexity index is 1440. The molecule has 204 valence electrons. The summed E-state index contributed by atoms with van der Waals surface area (Å²) >= 11 is 0. The van der Waals surface area contributed by atoms with Crippen LogP contribution in [-0.2, 0) is 4.74 Å². The van der Waals surface area contributed by atoms with Crippen LogP contribution in [0.5, 0.6) is 5.75 Å². The van der Waals surface area contributed by atoms with Crippen molar-refractivity contribution in [2.24, 2.45) is 0 Å². The van der Waals surface area contributed by atoms with E-state index in [-0.39, 0.29) is 6.04 Å². The smallest absolute Gasteiger partial charge is 0.404 e. The summed E-state index contributed by atoms with van der Waals surface area (Å²) in [6.07, 6.45) is 3.37. The topological polar surface area (TPSA) is 105 Å². The molecule has 2 aliphatic heterocycles. The van der Waals surface area contributed by atoms with Crippen molar-refractivity contribution in [1.29, 1.82) is 0 Å². The van der Waals surface area contributed by atoms with Gasteiger partial charge in [0, 0.05) is 50.2 Å². The Labute approximate surface area is 227 Å². The third-order valence-corrected chi connectivity index (χ3v) is 7.60. The maximum Gasteiger partial charge on any atom is 0.404 e. The van der Waals surface area contributed by atoms with E-state index in [2.05, 4.69) is 44.4 Å². The molecule has 4 aromatic rings. The van der Waals surface area contributed by atoms with Crippen molar-refractivity contribution in [3.63, 3.8) is 0 Å². The number of carbonyl (C=O) groups is 1. The summed E-state index contributed by atoms with van der Waals surface area (Å²) in [6, 6.07) is 16.4. The first-order chi connectivity index (χ1) is 19.1. The van der Waals surface area contributed by atoms with Gasteiger partial charge in [-0.25, -0.2) is 14.8 Å². The molecule has 0 aliphatic carbocycles. The van der Waals surface area contributed by atoms with E-state index in [1.54, 1.807) is 0 Å². The second kappa shape index (κ2) is 11.5. The van der Waals surface area contributed by atoms with Gasteiger partial charge < -0.3 is 24.8 Å². The third-order valence-electron chi connectivity index (χ3n) is 7.60. The number of rotatable bonds is 8. The number of para-hydroxylation sites is 1. The highest BCUT2D eigenvalue weighted by Gasteiger charge is 2.22. The average Bonchev–Trinajstić information content (AvgIpc) is 3.39. The molecule has 0 spiro atoms. The number of imidazole rings is 1. The highest BCUT2D eigenvalue weighted by atomic mass is 16.5. The largest absolute Gasteiger partial charge is 0.493 e. The van der Waals surface area contributed by atoms with Gasteiger partial charge >= 0.3 is 6.09 Å². The Hall–Kier alpha value is -3.89. The molecule has 2 aromatic heterocycles. The Morgan fingerprint density at radius 3 is 2.74 bits per heavy atom. The monoisotopic (exact) mass is 530 g/mol. The highest BCUT2D eigenvalue weighted by molar-refractivity contribution is 5.92. The molecule has 2 fully saturated rings. The number of carboxylic acid groups (broad SMARTS) is 1. The van der Waals surface area contributed by atoms with Crippen LogP contribution in [0.25, 0.3) is 27.8 Å². The number of nitrogens with zero attached hydrogens (tertiary/aromatic N) is 5. The van der Waals surface area contributed by atoms with Crippen LogP contribution < -0.4 is 15.0 Å². The number of pyridine rings is 1. The number of hydrogen-bond acceptors (Lipinski definition) is 7. The van der Waals surface area contributed by atoms with Gasteiger partial charge in [0.05, 0.1) is 42.1 Å². The van der Waals surface area contributed by atoms with Crippen LogP contribution in [0.15, 0.2) is 54.9 Å². The van der Waals surface area contributed by atoms with Crippen LogP contribution in [0.2, 0.25) is 0 Å². The summed E-state index contributed by atoms with van der Waals surface area (Å²) in [6.45, 7) is 6.87. The lowest BCUT2D eigenvalue weighted by molar-refractivity contribution is 0.0358. The summed E-state index contributed by atoms with van der Waals surface area (Å²) in [5, 5.41) is 12.7. The SMILES string of the molecule is O=C(O)NC1CCN(c2cccc3ccc(-n4cnc5cc(OCCCN6CCOCC6)ccc54)nc23)CC1. The minimum Gasteiger partial charge on any atom is -0.493 e. The summed E-state index contributed by atoms with van der Waals surface area (Å²) in [5.41, 5.74) is 3.84.